The van der Waals surface area contributed by atoms with Gasteiger partial charge in [-0.25, -0.2) is 0 Å². The third-order valence-electron chi connectivity index (χ3n) is 1.56. The van der Waals surface area contributed by atoms with Gasteiger partial charge in [-0.2, -0.15) is 0 Å². The fourth-order valence-corrected chi connectivity index (χ4v) is 1.19. The predicted molar refractivity (Wildman–Crippen MR) is 58.6 cm³/mol. The van der Waals surface area contributed by atoms with Crippen LogP contribution in [0.2, 0.25) is 0 Å². The number of nitrogens with zero attached hydrogens (tertiary/aromatic N) is 1. The van der Waals surface area contributed by atoms with E-state index < -0.39 is 0 Å². The summed E-state index contributed by atoms with van der Waals surface area (Å²) in [5.74, 6) is 0.756. The topological polar surface area (TPSA) is 32.6 Å². The van der Waals surface area contributed by atoms with Gasteiger partial charge in [0.25, 0.3) is 0 Å². The quantitative estimate of drug-likeness (QED) is 0.445. The van der Waals surface area contributed by atoms with Crippen molar-refractivity contribution < 1.29 is 4.55 Å². The molecule has 0 atom stereocenters. The molecule has 1 aromatic carbocycles. The van der Waals surface area contributed by atoms with Crippen molar-refractivity contribution in [2.24, 2.45) is 4.99 Å². The van der Waals surface area contributed by atoms with Gasteiger partial charge >= 0.3 is 0 Å². The molecule has 0 aliphatic rings. The van der Waals surface area contributed by atoms with Crippen LogP contribution in [0.3, 0.4) is 0 Å². The number of hydrogen-bond acceptors (Lipinski definition) is 3. The van der Waals surface area contributed by atoms with E-state index in [2.05, 4.69) is 4.99 Å². The standard InChI is InChI=1S/C10H13NOS/c12-13-8-4-7-11-9-10-5-2-1-3-6-10/h1-3,5-6,9,12H,4,7-8H2. The Labute approximate surface area is 82.9 Å². The van der Waals surface area contributed by atoms with Gasteiger partial charge in [0, 0.05) is 18.5 Å². The molecular weight excluding hydrogens is 182 g/mol. The van der Waals surface area contributed by atoms with Crippen molar-refractivity contribution in [2.45, 2.75) is 6.42 Å². The van der Waals surface area contributed by atoms with Crippen LogP contribution in [0.25, 0.3) is 0 Å². The first kappa shape index (κ1) is 10.3. The normalized spacial score (nSPS) is 10.8. The number of rotatable bonds is 5. The summed E-state index contributed by atoms with van der Waals surface area (Å²) < 4.78 is 8.45. The summed E-state index contributed by atoms with van der Waals surface area (Å²) in [6.07, 6.45) is 2.78. The van der Waals surface area contributed by atoms with E-state index in [1.807, 2.05) is 36.5 Å². The van der Waals surface area contributed by atoms with E-state index >= 15 is 0 Å². The minimum Gasteiger partial charge on any atom is -0.330 e. The number of aliphatic imine (C=N–C) groups is 1. The van der Waals surface area contributed by atoms with Gasteiger partial charge in [-0.1, -0.05) is 30.3 Å². The maximum absolute atomic E-state index is 8.45. The van der Waals surface area contributed by atoms with Crippen molar-refractivity contribution >= 4 is 18.3 Å². The average molecular weight is 195 g/mol. The van der Waals surface area contributed by atoms with E-state index in [9.17, 15) is 0 Å². The molecule has 0 fully saturated rings. The molecule has 1 rings (SSSR count). The van der Waals surface area contributed by atoms with Crippen LogP contribution in [-0.2, 0) is 0 Å². The summed E-state index contributed by atoms with van der Waals surface area (Å²) in [4.78, 5) is 4.23. The maximum Gasteiger partial charge on any atom is 0.0398 e. The van der Waals surface area contributed by atoms with Crippen LogP contribution < -0.4 is 0 Å². The third kappa shape index (κ3) is 4.70. The van der Waals surface area contributed by atoms with E-state index in [4.69, 9.17) is 4.55 Å². The summed E-state index contributed by atoms with van der Waals surface area (Å²) in [7, 11) is 0. The van der Waals surface area contributed by atoms with Crippen molar-refractivity contribution in [3.05, 3.63) is 35.9 Å². The molecule has 0 bridgehead atoms. The molecule has 0 heterocycles. The van der Waals surface area contributed by atoms with Gasteiger partial charge in [0.2, 0.25) is 0 Å². The number of benzene rings is 1. The molecule has 0 aromatic heterocycles. The molecule has 0 radical (unpaired) electrons. The van der Waals surface area contributed by atoms with Gasteiger partial charge in [-0.05, 0) is 24.0 Å². The molecule has 13 heavy (non-hydrogen) atoms. The lowest BCUT2D eigenvalue weighted by molar-refractivity contribution is 0.661. The Bertz CT molecular complexity index is 248. The highest BCUT2D eigenvalue weighted by Crippen LogP contribution is 1.96. The van der Waals surface area contributed by atoms with Gasteiger partial charge in [0.15, 0.2) is 0 Å². The van der Waals surface area contributed by atoms with Crippen molar-refractivity contribution in [1.82, 2.24) is 0 Å². The summed E-state index contributed by atoms with van der Waals surface area (Å²) in [6, 6.07) is 10.0. The van der Waals surface area contributed by atoms with Crippen molar-refractivity contribution in [2.75, 3.05) is 12.3 Å². The van der Waals surface area contributed by atoms with Crippen LogP contribution in [-0.4, -0.2) is 23.1 Å². The first-order chi connectivity index (χ1) is 6.43. The molecule has 2 nitrogen and oxygen atoms in total. The Morgan fingerprint density at radius 3 is 2.77 bits per heavy atom. The first-order valence-electron chi connectivity index (χ1n) is 4.25. The summed E-state index contributed by atoms with van der Waals surface area (Å²) >= 11 is 0.874. The molecule has 1 aromatic rings. The van der Waals surface area contributed by atoms with Gasteiger partial charge < -0.3 is 4.55 Å². The van der Waals surface area contributed by atoms with Crippen LogP contribution >= 0.6 is 12.0 Å². The fraction of sp³-hybridized carbons (Fsp3) is 0.300. The third-order valence-corrected chi connectivity index (χ3v) is 2.03. The highest BCUT2D eigenvalue weighted by atomic mass is 32.2. The largest absolute Gasteiger partial charge is 0.330 e. The average Bonchev–Trinajstić information content (AvgIpc) is 2.19. The van der Waals surface area contributed by atoms with E-state index in [-0.39, 0.29) is 0 Å². The zero-order valence-corrected chi connectivity index (χ0v) is 8.20. The van der Waals surface area contributed by atoms with Gasteiger partial charge in [-0.3, -0.25) is 4.99 Å². The Balaban J connectivity index is 2.25. The molecule has 1 N–H and O–H groups in total. The monoisotopic (exact) mass is 195 g/mol. The van der Waals surface area contributed by atoms with E-state index in [1.165, 1.54) is 0 Å². The molecule has 0 aliphatic carbocycles. The smallest absolute Gasteiger partial charge is 0.0398 e. The lowest BCUT2D eigenvalue weighted by Gasteiger charge is -1.92. The molecular formula is C10H13NOS. The maximum atomic E-state index is 8.45. The van der Waals surface area contributed by atoms with Crippen LogP contribution in [0, 0.1) is 0 Å². The highest BCUT2D eigenvalue weighted by molar-refractivity contribution is 7.93. The van der Waals surface area contributed by atoms with Gasteiger partial charge in [-0.15, -0.1) is 0 Å². The Morgan fingerprint density at radius 2 is 2.08 bits per heavy atom. The lowest BCUT2D eigenvalue weighted by atomic mass is 10.2. The molecule has 0 unspecified atom stereocenters. The summed E-state index contributed by atoms with van der Waals surface area (Å²) in [5, 5.41) is 0. The summed E-state index contributed by atoms with van der Waals surface area (Å²) in [5.41, 5.74) is 1.12. The minimum atomic E-state index is 0.756. The fourth-order valence-electron chi connectivity index (χ4n) is 0.929. The van der Waals surface area contributed by atoms with E-state index in [1.54, 1.807) is 0 Å². The molecule has 0 amide bonds. The molecule has 3 heteroatoms. The van der Waals surface area contributed by atoms with Crippen LogP contribution in [0.15, 0.2) is 35.3 Å². The SMILES string of the molecule is OSCCCN=Cc1ccccc1. The highest BCUT2D eigenvalue weighted by Gasteiger charge is 1.85. The first-order valence-corrected chi connectivity index (χ1v) is 5.19. The van der Waals surface area contributed by atoms with Crippen molar-refractivity contribution in [3.63, 3.8) is 0 Å². The minimum absolute atomic E-state index is 0.756. The molecule has 0 saturated heterocycles. The predicted octanol–water partition coefficient (Wildman–Crippen LogP) is 2.70. The van der Waals surface area contributed by atoms with Crippen LogP contribution in [0.5, 0.6) is 0 Å². The molecule has 70 valence electrons. The van der Waals surface area contributed by atoms with Crippen molar-refractivity contribution in [1.29, 1.82) is 0 Å². The second-order valence-electron chi connectivity index (χ2n) is 2.63. The lowest BCUT2D eigenvalue weighted by Crippen LogP contribution is -1.86. The van der Waals surface area contributed by atoms with Gasteiger partial charge in [0.05, 0.1) is 0 Å². The number of hydrogen-bond donors (Lipinski definition) is 1. The second kappa shape index (κ2) is 6.69. The van der Waals surface area contributed by atoms with Crippen molar-refractivity contribution in [3.8, 4) is 0 Å². The Morgan fingerprint density at radius 1 is 1.31 bits per heavy atom. The van der Waals surface area contributed by atoms with E-state index in [0.29, 0.717) is 0 Å². The second-order valence-corrected chi connectivity index (χ2v) is 3.30. The Kier molecular flexibility index (Phi) is 5.29. The summed E-state index contributed by atoms with van der Waals surface area (Å²) in [6.45, 7) is 0.780. The zero-order chi connectivity index (χ0) is 9.36. The molecule has 0 saturated carbocycles. The molecule has 0 spiro atoms. The zero-order valence-electron chi connectivity index (χ0n) is 7.39. The van der Waals surface area contributed by atoms with Crippen LogP contribution in [0.1, 0.15) is 12.0 Å². The molecule has 0 aliphatic heterocycles. The van der Waals surface area contributed by atoms with E-state index in [0.717, 1.165) is 36.3 Å². The van der Waals surface area contributed by atoms with Gasteiger partial charge in [0.1, 0.15) is 0 Å². The van der Waals surface area contributed by atoms with Crippen LogP contribution in [0.4, 0.5) is 0 Å². The Hall–Kier alpha value is -0.800.